The molecule has 27 heavy (non-hydrogen) atoms. The van der Waals surface area contributed by atoms with Gasteiger partial charge in [0.2, 0.25) is 0 Å². The maximum absolute atomic E-state index is 13.2. The molecule has 0 fully saturated rings. The molecule has 4 nitrogen and oxygen atoms in total. The van der Waals surface area contributed by atoms with E-state index in [1.165, 1.54) is 19.2 Å². The molecule has 2 aromatic carbocycles. The Hall–Kier alpha value is -3.21. The standard InChI is InChI=1S/C22H20FNO3/c1-14(17-7-5-4-6-8-17)24-15(2)20(22(26)27-3)19(21(24)25)13-16-9-11-18(23)12-10-16/h4-14H,1-3H3/b19-13-. The Morgan fingerprint density at radius 3 is 2.33 bits per heavy atom. The lowest BCUT2D eigenvalue weighted by atomic mass is 10.0. The van der Waals surface area contributed by atoms with Gasteiger partial charge in [-0.3, -0.25) is 4.79 Å². The van der Waals surface area contributed by atoms with Crippen molar-refractivity contribution in [1.29, 1.82) is 0 Å². The highest BCUT2D eigenvalue weighted by Crippen LogP contribution is 2.37. The van der Waals surface area contributed by atoms with E-state index in [1.54, 1.807) is 30.0 Å². The maximum Gasteiger partial charge on any atom is 0.340 e. The summed E-state index contributed by atoms with van der Waals surface area (Å²) in [5, 5.41) is 0. The first-order valence-electron chi connectivity index (χ1n) is 8.59. The van der Waals surface area contributed by atoms with E-state index in [-0.39, 0.29) is 28.9 Å². The summed E-state index contributed by atoms with van der Waals surface area (Å²) in [5.74, 6) is -1.22. The Morgan fingerprint density at radius 1 is 1.11 bits per heavy atom. The maximum atomic E-state index is 13.2. The van der Waals surface area contributed by atoms with Crippen LogP contribution in [0.2, 0.25) is 0 Å². The zero-order valence-corrected chi connectivity index (χ0v) is 15.4. The minimum atomic E-state index is -0.572. The molecule has 5 heteroatoms. The molecule has 1 atom stereocenters. The van der Waals surface area contributed by atoms with E-state index in [9.17, 15) is 14.0 Å². The fourth-order valence-corrected chi connectivity index (χ4v) is 3.27. The fourth-order valence-electron chi connectivity index (χ4n) is 3.27. The van der Waals surface area contributed by atoms with Gasteiger partial charge in [-0.1, -0.05) is 42.5 Å². The summed E-state index contributed by atoms with van der Waals surface area (Å²) in [6.45, 7) is 3.64. The van der Waals surface area contributed by atoms with Crippen LogP contribution in [0.4, 0.5) is 4.39 Å². The van der Waals surface area contributed by atoms with Gasteiger partial charge in [0.25, 0.3) is 5.91 Å². The number of carbonyl (C=O) groups excluding carboxylic acids is 2. The van der Waals surface area contributed by atoms with Gasteiger partial charge in [0, 0.05) is 5.70 Å². The van der Waals surface area contributed by atoms with Crippen LogP contribution in [0.5, 0.6) is 0 Å². The second-order valence-corrected chi connectivity index (χ2v) is 6.32. The molecule has 0 saturated heterocycles. The molecule has 1 unspecified atom stereocenters. The molecular formula is C22H20FNO3. The molecule has 0 bridgehead atoms. The van der Waals surface area contributed by atoms with Gasteiger partial charge in [-0.2, -0.15) is 0 Å². The van der Waals surface area contributed by atoms with Gasteiger partial charge < -0.3 is 9.64 Å². The topological polar surface area (TPSA) is 46.6 Å². The van der Waals surface area contributed by atoms with E-state index in [4.69, 9.17) is 4.74 Å². The van der Waals surface area contributed by atoms with Crippen LogP contribution in [0.15, 0.2) is 71.4 Å². The van der Waals surface area contributed by atoms with Crippen molar-refractivity contribution in [2.45, 2.75) is 19.9 Å². The number of methoxy groups -OCH3 is 1. The van der Waals surface area contributed by atoms with Crippen LogP contribution in [0.3, 0.4) is 0 Å². The summed E-state index contributed by atoms with van der Waals surface area (Å²) in [6.07, 6.45) is 1.59. The van der Waals surface area contributed by atoms with Crippen LogP contribution < -0.4 is 0 Å². The number of carbonyl (C=O) groups is 2. The second kappa shape index (κ2) is 7.58. The summed E-state index contributed by atoms with van der Waals surface area (Å²) in [4.78, 5) is 27.1. The summed E-state index contributed by atoms with van der Waals surface area (Å²) in [5.41, 5.74) is 2.60. The molecule has 1 aliphatic rings. The number of esters is 1. The first kappa shape index (κ1) is 18.6. The third-order valence-corrected chi connectivity index (χ3v) is 4.68. The zero-order chi connectivity index (χ0) is 19.6. The van der Waals surface area contributed by atoms with Gasteiger partial charge in [0.1, 0.15) is 5.82 Å². The molecule has 2 aromatic rings. The summed E-state index contributed by atoms with van der Waals surface area (Å²) in [6, 6.07) is 15.1. The average Bonchev–Trinajstić information content (AvgIpc) is 2.93. The van der Waals surface area contributed by atoms with Crippen molar-refractivity contribution in [3.63, 3.8) is 0 Å². The van der Waals surface area contributed by atoms with E-state index in [0.717, 1.165) is 5.56 Å². The molecule has 1 heterocycles. The first-order chi connectivity index (χ1) is 12.9. The summed E-state index contributed by atoms with van der Waals surface area (Å²) >= 11 is 0. The van der Waals surface area contributed by atoms with Gasteiger partial charge in [-0.05, 0) is 43.2 Å². The van der Waals surface area contributed by atoms with Crippen LogP contribution >= 0.6 is 0 Å². The van der Waals surface area contributed by atoms with Gasteiger partial charge in [-0.25, -0.2) is 9.18 Å². The largest absolute Gasteiger partial charge is 0.465 e. The van der Waals surface area contributed by atoms with E-state index in [2.05, 4.69) is 0 Å². The molecule has 0 N–H and O–H groups in total. The highest BCUT2D eigenvalue weighted by atomic mass is 19.1. The molecule has 0 aromatic heterocycles. The van der Waals surface area contributed by atoms with Gasteiger partial charge in [-0.15, -0.1) is 0 Å². The highest BCUT2D eigenvalue weighted by molar-refractivity contribution is 6.16. The molecule has 138 valence electrons. The smallest absolute Gasteiger partial charge is 0.340 e. The lowest BCUT2D eigenvalue weighted by Gasteiger charge is -2.26. The Kier molecular flexibility index (Phi) is 5.21. The summed E-state index contributed by atoms with van der Waals surface area (Å²) < 4.78 is 18.1. The number of nitrogens with zero attached hydrogens (tertiary/aromatic N) is 1. The van der Waals surface area contributed by atoms with Crippen molar-refractivity contribution in [3.8, 4) is 0 Å². The normalized spacial score (nSPS) is 16.8. The van der Waals surface area contributed by atoms with Crippen LogP contribution in [-0.2, 0) is 14.3 Å². The number of benzene rings is 2. The first-order valence-corrected chi connectivity index (χ1v) is 8.59. The van der Waals surface area contributed by atoms with Crippen LogP contribution in [-0.4, -0.2) is 23.9 Å². The van der Waals surface area contributed by atoms with E-state index >= 15 is 0 Å². The quantitative estimate of drug-likeness (QED) is 0.601. The third-order valence-electron chi connectivity index (χ3n) is 4.68. The van der Waals surface area contributed by atoms with Crippen molar-refractivity contribution >= 4 is 18.0 Å². The molecular weight excluding hydrogens is 345 g/mol. The Balaban J connectivity index is 2.08. The Labute approximate surface area is 157 Å². The molecule has 0 radical (unpaired) electrons. The SMILES string of the molecule is COC(=O)C1=C(C)N(C(C)c2ccccc2)C(=O)/C1=C\c1ccc(F)cc1. The van der Waals surface area contributed by atoms with Crippen LogP contribution in [0, 0.1) is 5.82 Å². The Morgan fingerprint density at radius 2 is 1.74 bits per heavy atom. The predicted octanol–water partition coefficient (Wildman–Crippen LogP) is 4.26. The van der Waals surface area contributed by atoms with Gasteiger partial charge >= 0.3 is 5.97 Å². The van der Waals surface area contributed by atoms with E-state index in [0.29, 0.717) is 11.3 Å². The van der Waals surface area contributed by atoms with Crippen LogP contribution in [0.1, 0.15) is 31.0 Å². The van der Waals surface area contributed by atoms with Gasteiger partial charge in [0.05, 0.1) is 24.3 Å². The average molecular weight is 365 g/mol. The van der Waals surface area contributed by atoms with Crippen LogP contribution in [0.25, 0.3) is 6.08 Å². The summed E-state index contributed by atoms with van der Waals surface area (Å²) in [7, 11) is 1.28. The molecule has 0 aliphatic carbocycles. The fraction of sp³-hybridized carbons (Fsp3) is 0.182. The molecule has 0 saturated carbocycles. The lowest BCUT2D eigenvalue weighted by Crippen LogP contribution is -2.28. The number of allylic oxidation sites excluding steroid dienone is 1. The monoisotopic (exact) mass is 365 g/mol. The minimum Gasteiger partial charge on any atom is -0.465 e. The molecule has 1 aliphatic heterocycles. The lowest BCUT2D eigenvalue weighted by molar-refractivity contribution is -0.136. The van der Waals surface area contributed by atoms with Gasteiger partial charge in [0.15, 0.2) is 0 Å². The van der Waals surface area contributed by atoms with Crippen molar-refractivity contribution in [3.05, 3.63) is 88.4 Å². The second-order valence-electron chi connectivity index (χ2n) is 6.32. The number of hydrogen-bond acceptors (Lipinski definition) is 3. The van der Waals surface area contributed by atoms with E-state index in [1.807, 2.05) is 37.3 Å². The molecule has 3 rings (SSSR count). The molecule has 1 amide bonds. The predicted molar refractivity (Wildman–Crippen MR) is 101 cm³/mol. The minimum absolute atomic E-state index is 0.231. The number of amides is 1. The third kappa shape index (κ3) is 3.53. The number of halogens is 1. The van der Waals surface area contributed by atoms with Crippen molar-refractivity contribution in [1.82, 2.24) is 4.90 Å². The van der Waals surface area contributed by atoms with Crippen molar-refractivity contribution in [2.75, 3.05) is 7.11 Å². The number of ether oxygens (including phenoxy) is 1. The number of hydrogen-bond donors (Lipinski definition) is 0. The number of rotatable bonds is 4. The molecule has 0 spiro atoms. The van der Waals surface area contributed by atoms with E-state index < -0.39 is 5.97 Å². The highest BCUT2D eigenvalue weighted by Gasteiger charge is 2.39. The zero-order valence-electron chi connectivity index (χ0n) is 15.4. The Bertz CT molecular complexity index is 930. The van der Waals surface area contributed by atoms with Crippen molar-refractivity contribution < 1.29 is 18.7 Å². The van der Waals surface area contributed by atoms with Crippen molar-refractivity contribution in [2.24, 2.45) is 0 Å².